The number of halogens is 1. The maximum absolute atomic E-state index is 12.4. The lowest BCUT2D eigenvalue weighted by atomic mass is 9.85. The summed E-state index contributed by atoms with van der Waals surface area (Å²) in [4.78, 5) is 25.6. The van der Waals surface area contributed by atoms with Crippen molar-refractivity contribution in [2.24, 2.45) is 16.9 Å². The number of hydrazone groups is 1. The van der Waals surface area contributed by atoms with Crippen molar-refractivity contribution in [2.45, 2.75) is 20.8 Å². The minimum absolute atomic E-state index is 0.173. The van der Waals surface area contributed by atoms with Crippen LogP contribution in [-0.2, 0) is 9.59 Å². The second kappa shape index (κ2) is 6.80. The number of likely N-dealkylation sites (tertiary alicyclic amines) is 1. The number of amides is 2. The molecule has 1 aromatic carbocycles. The van der Waals surface area contributed by atoms with Crippen molar-refractivity contribution in [1.29, 1.82) is 5.26 Å². The number of carbonyl (C=O) groups is 2. The largest absolute Gasteiger partial charge is 0.278 e. The molecule has 1 aliphatic heterocycles. The van der Waals surface area contributed by atoms with Gasteiger partial charge in [0.2, 0.25) is 5.91 Å². The molecule has 0 aliphatic carbocycles. The first-order chi connectivity index (χ1) is 10.9. The molecule has 0 spiro atoms. The van der Waals surface area contributed by atoms with Crippen LogP contribution in [0.3, 0.4) is 0 Å². The highest BCUT2D eigenvalue weighted by molar-refractivity contribution is 6.44. The summed E-state index contributed by atoms with van der Waals surface area (Å²) in [7, 11) is 0. The topological polar surface area (TPSA) is 85.6 Å². The zero-order valence-corrected chi connectivity index (χ0v) is 13.9. The summed E-state index contributed by atoms with van der Waals surface area (Å²) in [6, 6.07) is 7.21. The number of hydrogen-bond acceptors (Lipinski definition) is 5. The van der Waals surface area contributed by atoms with Crippen LogP contribution in [-0.4, -0.2) is 29.0 Å². The zero-order chi connectivity index (χ0) is 17.1. The molecular weight excluding hydrogens is 316 g/mol. The van der Waals surface area contributed by atoms with Gasteiger partial charge >= 0.3 is 0 Å². The van der Waals surface area contributed by atoms with E-state index in [1.807, 2.05) is 13.0 Å². The van der Waals surface area contributed by atoms with E-state index in [2.05, 4.69) is 10.5 Å². The quantitative estimate of drug-likeness (QED) is 0.681. The molecule has 2 rings (SSSR count). The second-order valence-corrected chi connectivity index (χ2v) is 5.79. The number of aryl methyl sites for hydroxylation is 1. The van der Waals surface area contributed by atoms with Gasteiger partial charge < -0.3 is 0 Å². The Labute approximate surface area is 139 Å². The van der Waals surface area contributed by atoms with E-state index in [0.717, 1.165) is 10.5 Å². The van der Waals surface area contributed by atoms with Crippen LogP contribution in [0.25, 0.3) is 0 Å². The van der Waals surface area contributed by atoms with Crippen LogP contribution in [0.15, 0.2) is 23.3 Å². The third kappa shape index (κ3) is 3.20. The third-order valence-electron chi connectivity index (χ3n) is 3.87. The number of piperidine rings is 1. The van der Waals surface area contributed by atoms with Gasteiger partial charge in [-0.25, -0.2) is 0 Å². The normalized spacial score (nSPS) is 23.1. The Kier molecular flexibility index (Phi) is 5.02. The lowest BCUT2D eigenvalue weighted by Gasteiger charge is -2.31. The number of nitriles is 1. The number of benzene rings is 1. The third-order valence-corrected chi connectivity index (χ3v) is 4.10. The highest BCUT2D eigenvalue weighted by Gasteiger charge is 2.43. The summed E-state index contributed by atoms with van der Waals surface area (Å²) in [5.41, 5.74) is 4.59. The molecule has 6 nitrogen and oxygen atoms in total. The maximum atomic E-state index is 12.4. The molecule has 0 saturated carbocycles. The molecule has 1 heterocycles. The predicted molar refractivity (Wildman–Crippen MR) is 87.9 cm³/mol. The van der Waals surface area contributed by atoms with Crippen molar-refractivity contribution in [3.8, 4) is 6.07 Å². The van der Waals surface area contributed by atoms with Crippen molar-refractivity contribution >= 4 is 34.8 Å². The number of nitrogens with one attached hydrogen (secondary N) is 1. The number of carbonyl (C=O) groups excluding carboxylic acids is 2. The maximum Gasteiger partial charge on any atom is 0.277 e. The Morgan fingerprint density at radius 1 is 1.43 bits per heavy atom. The predicted octanol–water partition coefficient (Wildman–Crippen LogP) is 2.58. The first kappa shape index (κ1) is 17.0. The van der Waals surface area contributed by atoms with Gasteiger partial charge in [-0.3, -0.25) is 19.9 Å². The average molecular weight is 333 g/mol. The van der Waals surface area contributed by atoms with Gasteiger partial charge in [-0.15, -0.1) is 0 Å². The van der Waals surface area contributed by atoms with Crippen molar-refractivity contribution in [3.05, 3.63) is 28.8 Å². The van der Waals surface area contributed by atoms with Gasteiger partial charge in [-0.1, -0.05) is 18.5 Å². The molecule has 7 heteroatoms. The average Bonchev–Trinajstić information content (AvgIpc) is 2.50. The highest BCUT2D eigenvalue weighted by atomic mass is 35.5. The van der Waals surface area contributed by atoms with Gasteiger partial charge in [-0.2, -0.15) is 10.4 Å². The van der Waals surface area contributed by atoms with Gasteiger partial charge in [-0.05, 0) is 37.6 Å². The molecule has 1 aromatic rings. The van der Waals surface area contributed by atoms with Crippen LogP contribution in [0.4, 0.5) is 5.69 Å². The Morgan fingerprint density at radius 2 is 2.13 bits per heavy atom. The molecule has 2 atom stereocenters. The van der Waals surface area contributed by atoms with Crippen LogP contribution < -0.4 is 5.43 Å². The van der Waals surface area contributed by atoms with Gasteiger partial charge in [0.15, 0.2) is 0 Å². The summed E-state index contributed by atoms with van der Waals surface area (Å²) in [5, 5.41) is 14.0. The fraction of sp³-hybridized carbons (Fsp3) is 0.375. The number of rotatable bonds is 3. The fourth-order valence-electron chi connectivity index (χ4n) is 2.46. The van der Waals surface area contributed by atoms with Crippen LogP contribution in [0, 0.1) is 30.1 Å². The first-order valence-corrected chi connectivity index (χ1v) is 7.63. The lowest BCUT2D eigenvalue weighted by molar-refractivity contribution is -0.145. The number of nitrogens with zero attached hydrogens (tertiary/aromatic N) is 3. The molecule has 0 aromatic heterocycles. The molecule has 1 fully saturated rings. The molecule has 0 bridgehead atoms. The van der Waals surface area contributed by atoms with Crippen LogP contribution in [0.1, 0.15) is 19.4 Å². The van der Waals surface area contributed by atoms with E-state index >= 15 is 0 Å². The van der Waals surface area contributed by atoms with Gasteiger partial charge in [0.05, 0.1) is 11.8 Å². The Bertz CT molecular complexity index is 723. The molecule has 23 heavy (non-hydrogen) atoms. The Hall–Kier alpha value is -2.39. The number of hydrogen-bond donors (Lipinski definition) is 1. The van der Waals surface area contributed by atoms with E-state index in [9.17, 15) is 14.9 Å². The van der Waals surface area contributed by atoms with E-state index in [0.29, 0.717) is 10.7 Å². The molecule has 2 unspecified atom stereocenters. The summed E-state index contributed by atoms with van der Waals surface area (Å²) in [5.74, 6) is -2.40. The lowest BCUT2D eigenvalue weighted by Crippen LogP contribution is -2.53. The smallest absolute Gasteiger partial charge is 0.277 e. The fourth-order valence-corrected chi connectivity index (χ4v) is 2.69. The van der Waals surface area contributed by atoms with Crippen LogP contribution in [0.5, 0.6) is 0 Å². The van der Waals surface area contributed by atoms with E-state index < -0.39 is 23.7 Å². The molecular formula is C16H17ClN4O2. The number of anilines is 1. The standard InChI is InChI=1S/C16H17ClN4O2/c1-4-21-15(22)12(8-18)10(3)14(16(21)23)20-19-13-6-5-11(17)7-9(13)2/h5-7,10,12,19H,4H2,1-3H3. The van der Waals surface area contributed by atoms with Crippen molar-refractivity contribution in [3.63, 3.8) is 0 Å². The summed E-state index contributed by atoms with van der Waals surface area (Å²) < 4.78 is 0. The van der Waals surface area contributed by atoms with Crippen molar-refractivity contribution in [2.75, 3.05) is 12.0 Å². The minimum Gasteiger partial charge on any atom is -0.278 e. The van der Waals surface area contributed by atoms with E-state index in [4.69, 9.17) is 11.6 Å². The molecule has 2 amide bonds. The summed E-state index contributed by atoms with van der Waals surface area (Å²) in [6.07, 6.45) is 0. The minimum atomic E-state index is -0.903. The highest BCUT2D eigenvalue weighted by Crippen LogP contribution is 2.24. The molecule has 0 radical (unpaired) electrons. The van der Waals surface area contributed by atoms with Gasteiger partial charge in [0.25, 0.3) is 5.91 Å². The monoisotopic (exact) mass is 332 g/mol. The first-order valence-electron chi connectivity index (χ1n) is 7.25. The summed E-state index contributed by atoms with van der Waals surface area (Å²) >= 11 is 5.91. The Morgan fingerprint density at radius 3 is 2.70 bits per heavy atom. The van der Waals surface area contributed by atoms with E-state index in [-0.39, 0.29) is 12.3 Å². The molecule has 120 valence electrons. The van der Waals surface area contributed by atoms with E-state index in [1.165, 1.54) is 0 Å². The molecule has 1 saturated heterocycles. The summed E-state index contributed by atoms with van der Waals surface area (Å²) in [6.45, 7) is 5.42. The van der Waals surface area contributed by atoms with Crippen LogP contribution >= 0.6 is 11.6 Å². The van der Waals surface area contributed by atoms with Crippen molar-refractivity contribution < 1.29 is 9.59 Å². The zero-order valence-electron chi connectivity index (χ0n) is 13.1. The van der Waals surface area contributed by atoms with Gasteiger partial charge in [0.1, 0.15) is 11.6 Å². The molecule has 1 aliphatic rings. The van der Waals surface area contributed by atoms with Gasteiger partial charge in [0, 0.05) is 17.5 Å². The second-order valence-electron chi connectivity index (χ2n) is 5.35. The Balaban J connectivity index is 2.33. The van der Waals surface area contributed by atoms with Crippen molar-refractivity contribution in [1.82, 2.24) is 4.90 Å². The van der Waals surface area contributed by atoms with E-state index in [1.54, 1.807) is 32.0 Å². The molecule has 1 N–H and O–H groups in total. The SMILES string of the molecule is CCN1C(=O)C(=NNc2ccc(Cl)cc2C)C(C)C(C#N)C1=O. The number of imide groups is 1. The van der Waals surface area contributed by atoms with Crippen LogP contribution in [0.2, 0.25) is 5.02 Å².